The third kappa shape index (κ3) is 1.62. The fourth-order valence-corrected chi connectivity index (χ4v) is 2.41. The summed E-state index contributed by atoms with van der Waals surface area (Å²) in [6.07, 6.45) is 0.509. The first kappa shape index (κ1) is 11.2. The molecule has 1 aromatic rings. The topological polar surface area (TPSA) is 26.3 Å². The highest BCUT2D eigenvalue weighted by Crippen LogP contribution is 2.35. The van der Waals surface area contributed by atoms with Gasteiger partial charge in [-0.1, -0.05) is 19.9 Å². The largest absolute Gasteiger partial charge is 0.492 e. The lowest BCUT2D eigenvalue weighted by Crippen LogP contribution is -2.18. The number of Topliss-reactive ketones (excluding diaryl/α,β-unsaturated/α-hetero) is 1. The summed E-state index contributed by atoms with van der Waals surface area (Å²) in [5.41, 5.74) is 4.25. The Kier molecular flexibility index (Phi) is 2.75. The number of aryl methyl sites for hydroxylation is 1. The van der Waals surface area contributed by atoms with E-state index in [1.165, 1.54) is 5.56 Å². The molecule has 2 heteroatoms. The molecule has 0 N–H and O–H groups in total. The third-order valence-electron chi connectivity index (χ3n) is 3.24. The molecule has 2 nitrogen and oxygen atoms in total. The molecule has 1 aliphatic heterocycles. The first-order valence-corrected chi connectivity index (χ1v) is 5.82. The molecule has 0 unspecified atom stereocenters. The lowest BCUT2D eigenvalue weighted by Gasteiger charge is -2.23. The van der Waals surface area contributed by atoms with Gasteiger partial charge in [-0.3, -0.25) is 4.79 Å². The summed E-state index contributed by atoms with van der Waals surface area (Å²) in [4.78, 5) is 12.0. The Morgan fingerprint density at radius 1 is 1.31 bits per heavy atom. The van der Waals surface area contributed by atoms with E-state index in [4.69, 9.17) is 4.74 Å². The minimum absolute atomic E-state index is 0.226. The molecule has 16 heavy (non-hydrogen) atoms. The molecule has 0 saturated carbocycles. The fourth-order valence-electron chi connectivity index (χ4n) is 2.41. The van der Waals surface area contributed by atoms with Crippen molar-refractivity contribution in [3.05, 3.63) is 28.3 Å². The minimum atomic E-state index is 0.226. The second kappa shape index (κ2) is 3.93. The van der Waals surface area contributed by atoms with E-state index in [0.717, 1.165) is 22.4 Å². The van der Waals surface area contributed by atoms with Crippen LogP contribution in [0.1, 0.15) is 53.2 Å². The number of hydrogen-bond donors (Lipinski definition) is 0. The molecule has 0 aliphatic carbocycles. The van der Waals surface area contributed by atoms with Crippen LogP contribution in [0.25, 0.3) is 0 Å². The average Bonchev–Trinajstić information content (AvgIpc) is 2.22. The molecule has 0 fully saturated rings. The fraction of sp³-hybridized carbons (Fsp3) is 0.500. The molecule has 1 aromatic carbocycles. The Balaban J connectivity index is 2.69. The first-order chi connectivity index (χ1) is 7.52. The Morgan fingerprint density at radius 3 is 2.62 bits per heavy atom. The van der Waals surface area contributed by atoms with Gasteiger partial charge in [0.15, 0.2) is 5.78 Å². The number of fused-ring (bicyclic) bond motifs is 1. The molecule has 0 atom stereocenters. The molecule has 2 rings (SSSR count). The van der Waals surface area contributed by atoms with Gasteiger partial charge in [-0.25, -0.2) is 0 Å². The summed E-state index contributed by atoms with van der Waals surface area (Å²) in [6.45, 7) is 8.88. The van der Waals surface area contributed by atoms with Crippen molar-refractivity contribution in [2.75, 3.05) is 6.61 Å². The Morgan fingerprint density at radius 2 is 2.00 bits per heavy atom. The van der Waals surface area contributed by atoms with Gasteiger partial charge < -0.3 is 4.74 Å². The van der Waals surface area contributed by atoms with E-state index in [9.17, 15) is 4.79 Å². The van der Waals surface area contributed by atoms with Gasteiger partial charge in [-0.05, 0) is 36.5 Å². The van der Waals surface area contributed by atoms with Gasteiger partial charge in [-0.15, -0.1) is 0 Å². The van der Waals surface area contributed by atoms with Gasteiger partial charge in [-0.2, -0.15) is 0 Å². The van der Waals surface area contributed by atoms with Crippen LogP contribution in [0.5, 0.6) is 5.75 Å². The summed E-state index contributed by atoms with van der Waals surface area (Å²) in [7, 11) is 0. The summed E-state index contributed by atoms with van der Waals surface area (Å²) in [5.74, 6) is 1.47. The van der Waals surface area contributed by atoms with Crippen molar-refractivity contribution in [1.82, 2.24) is 0 Å². The molecule has 0 spiro atoms. The lowest BCUT2D eigenvalue weighted by molar-refractivity contribution is 0.0932. The van der Waals surface area contributed by atoms with E-state index < -0.39 is 0 Å². The van der Waals surface area contributed by atoms with Crippen LogP contribution in [0.4, 0.5) is 0 Å². The molecule has 0 bridgehead atoms. The van der Waals surface area contributed by atoms with Crippen molar-refractivity contribution < 1.29 is 9.53 Å². The van der Waals surface area contributed by atoms with Gasteiger partial charge in [0.1, 0.15) is 5.75 Å². The first-order valence-electron chi connectivity index (χ1n) is 5.82. The Bertz CT molecular complexity index is 445. The molecule has 0 saturated heterocycles. The van der Waals surface area contributed by atoms with Crippen molar-refractivity contribution in [2.45, 2.75) is 40.0 Å². The molecule has 0 aromatic heterocycles. The van der Waals surface area contributed by atoms with Crippen LogP contribution in [0.2, 0.25) is 0 Å². The van der Waals surface area contributed by atoms with Crippen LogP contribution in [0.15, 0.2) is 6.07 Å². The monoisotopic (exact) mass is 218 g/mol. The highest BCUT2D eigenvalue weighted by atomic mass is 16.5. The van der Waals surface area contributed by atoms with E-state index in [0.29, 0.717) is 18.9 Å². The SMILES string of the molecule is Cc1cc(C(C)C)c(C)c2c1OCCC2=O. The maximum absolute atomic E-state index is 12.0. The molecule has 1 aliphatic rings. The number of hydrogen-bond acceptors (Lipinski definition) is 2. The van der Waals surface area contributed by atoms with E-state index in [1.54, 1.807) is 0 Å². The lowest BCUT2D eigenvalue weighted by atomic mass is 9.88. The summed E-state index contributed by atoms with van der Waals surface area (Å²) < 4.78 is 5.62. The third-order valence-corrected chi connectivity index (χ3v) is 3.24. The zero-order chi connectivity index (χ0) is 11.9. The van der Waals surface area contributed by atoms with Crippen LogP contribution >= 0.6 is 0 Å². The average molecular weight is 218 g/mol. The van der Waals surface area contributed by atoms with Crippen LogP contribution < -0.4 is 4.74 Å². The molecule has 0 radical (unpaired) electrons. The van der Waals surface area contributed by atoms with Gasteiger partial charge >= 0.3 is 0 Å². The Labute approximate surface area is 96.6 Å². The molecular formula is C14H18O2. The van der Waals surface area contributed by atoms with E-state index in [-0.39, 0.29) is 5.78 Å². The van der Waals surface area contributed by atoms with Crippen molar-refractivity contribution in [2.24, 2.45) is 0 Å². The highest BCUT2D eigenvalue weighted by molar-refractivity contribution is 6.01. The zero-order valence-corrected chi connectivity index (χ0v) is 10.4. The number of ketones is 1. The van der Waals surface area contributed by atoms with Gasteiger partial charge in [0, 0.05) is 6.42 Å². The van der Waals surface area contributed by atoms with E-state index in [1.807, 2.05) is 13.8 Å². The smallest absolute Gasteiger partial charge is 0.170 e. The highest BCUT2D eigenvalue weighted by Gasteiger charge is 2.24. The second-order valence-electron chi connectivity index (χ2n) is 4.79. The molecule has 0 amide bonds. The second-order valence-corrected chi connectivity index (χ2v) is 4.79. The number of benzene rings is 1. The van der Waals surface area contributed by atoms with Gasteiger partial charge in [0.05, 0.1) is 12.2 Å². The van der Waals surface area contributed by atoms with Gasteiger partial charge in [0.25, 0.3) is 0 Å². The number of rotatable bonds is 1. The van der Waals surface area contributed by atoms with Crippen molar-refractivity contribution >= 4 is 5.78 Å². The molecule has 86 valence electrons. The van der Waals surface area contributed by atoms with Crippen molar-refractivity contribution in [3.8, 4) is 5.75 Å². The van der Waals surface area contributed by atoms with Gasteiger partial charge in [0.2, 0.25) is 0 Å². The predicted octanol–water partition coefficient (Wildman–Crippen LogP) is 3.39. The Hall–Kier alpha value is -1.31. The maximum atomic E-state index is 12.0. The molecule has 1 heterocycles. The van der Waals surface area contributed by atoms with Crippen LogP contribution in [0.3, 0.4) is 0 Å². The van der Waals surface area contributed by atoms with E-state index >= 15 is 0 Å². The maximum Gasteiger partial charge on any atom is 0.170 e. The molecular weight excluding hydrogens is 200 g/mol. The van der Waals surface area contributed by atoms with Crippen molar-refractivity contribution in [3.63, 3.8) is 0 Å². The van der Waals surface area contributed by atoms with E-state index in [2.05, 4.69) is 19.9 Å². The number of carbonyl (C=O) groups is 1. The predicted molar refractivity (Wildman–Crippen MR) is 64.4 cm³/mol. The minimum Gasteiger partial charge on any atom is -0.492 e. The number of carbonyl (C=O) groups excluding carboxylic acids is 1. The zero-order valence-electron chi connectivity index (χ0n) is 10.4. The summed E-state index contributed by atoms with van der Waals surface area (Å²) in [6, 6.07) is 2.15. The summed E-state index contributed by atoms with van der Waals surface area (Å²) >= 11 is 0. The van der Waals surface area contributed by atoms with Crippen LogP contribution in [-0.4, -0.2) is 12.4 Å². The standard InChI is InChI=1S/C14H18O2/c1-8(2)11-7-9(3)14-13(10(11)4)12(15)5-6-16-14/h7-8H,5-6H2,1-4H3. The van der Waals surface area contributed by atoms with Crippen LogP contribution in [-0.2, 0) is 0 Å². The summed E-state index contributed by atoms with van der Waals surface area (Å²) in [5, 5.41) is 0. The normalized spacial score (nSPS) is 14.9. The quantitative estimate of drug-likeness (QED) is 0.722. The van der Waals surface area contributed by atoms with Crippen LogP contribution in [0, 0.1) is 13.8 Å². The van der Waals surface area contributed by atoms with Crippen molar-refractivity contribution in [1.29, 1.82) is 0 Å². The number of ether oxygens (including phenoxy) is 1.